The Morgan fingerprint density at radius 2 is 1.80 bits per heavy atom. The molecule has 5 rings (SSSR count). The van der Waals surface area contributed by atoms with Crippen LogP contribution in [0.25, 0.3) is 22.1 Å². The van der Waals surface area contributed by atoms with Crippen LogP contribution in [0.3, 0.4) is 0 Å². The van der Waals surface area contributed by atoms with Gasteiger partial charge < -0.3 is 5.32 Å². The van der Waals surface area contributed by atoms with Gasteiger partial charge in [0.15, 0.2) is 5.65 Å². The number of amides is 1. The molecule has 30 heavy (non-hydrogen) atoms. The van der Waals surface area contributed by atoms with E-state index in [4.69, 9.17) is 0 Å². The van der Waals surface area contributed by atoms with Crippen molar-refractivity contribution in [1.82, 2.24) is 25.0 Å². The average molecular weight is 394 g/mol. The summed E-state index contributed by atoms with van der Waals surface area (Å²) in [4.78, 5) is 21.4. The molecule has 0 aliphatic rings. The van der Waals surface area contributed by atoms with Crippen LogP contribution in [0.15, 0.2) is 79.0 Å². The molecule has 3 aromatic heterocycles. The van der Waals surface area contributed by atoms with Crippen LogP contribution >= 0.6 is 0 Å². The Morgan fingerprint density at radius 3 is 2.67 bits per heavy atom. The number of nitrogens with one attached hydrogen (secondary N) is 1. The van der Waals surface area contributed by atoms with E-state index in [-0.39, 0.29) is 11.9 Å². The number of hydrogen-bond donors (Lipinski definition) is 1. The highest BCUT2D eigenvalue weighted by Crippen LogP contribution is 2.24. The van der Waals surface area contributed by atoms with Crippen molar-refractivity contribution in [2.45, 2.75) is 13.0 Å². The molecule has 3 heterocycles. The smallest absolute Gasteiger partial charge is 0.256 e. The van der Waals surface area contributed by atoms with Gasteiger partial charge in [0, 0.05) is 17.1 Å². The summed E-state index contributed by atoms with van der Waals surface area (Å²) in [6, 6.07) is 22.6. The molecule has 1 atom stereocenters. The van der Waals surface area contributed by atoms with E-state index >= 15 is 0 Å². The number of benzene rings is 2. The van der Waals surface area contributed by atoms with E-state index in [1.165, 1.54) is 0 Å². The number of rotatable bonds is 4. The number of pyridine rings is 2. The fraction of sp³-hybridized carbons (Fsp3) is 0.0870. The number of fused-ring (bicyclic) bond motifs is 2. The molecule has 1 unspecified atom stereocenters. The second-order valence-corrected chi connectivity index (χ2v) is 7.02. The monoisotopic (exact) mass is 394 g/mol. The maximum atomic E-state index is 12.5. The molecule has 0 fully saturated rings. The summed E-state index contributed by atoms with van der Waals surface area (Å²) >= 11 is 0. The molecule has 1 N–H and O–H groups in total. The molecule has 7 nitrogen and oxygen atoms in total. The van der Waals surface area contributed by atoms with Crippen LogP contribution in [0.4, 0.5) is 5.82 Å². The molecule has 0 aliphatic heterocycles. The lowest BCUT2D eigenvalue weighted by atomic mass is 10.1. The normalized spacial score (nSPS) is 12.2. The van der Waals surface area contributed by atoms with E-state index in [2.05, 4.69) is 31.7 Å². The third kappa shape index (κ3) is 3.26. The Balaban J connectivity index is 1.48. The zero-order valence-electron chi connectivity index (χ0n) is 16.2. The maximum absolute atomic E-state index is 12.5. The Kier molecular flexibility index (Phi) is 4.40. The van der Waals surface area contributed by atoms with Crippen LogP contribution < -0.4 is 5.32 Å². The van der Waals surface area contributed by atoms with Crippen molar-refractivity contribution in [3.63, 3.8) is 0 Å². The molecular formula is C23H18N6O. The maximum Gasteiger partial charge on any atom is 0.256 e. The summed E-state index contributed by atoms with van der Waals surface area (Å²) in [6.45, 7) is 2.04. The summed E-state index contributed by atoms with van der Waals surface area (Å²) in [5.41, 5.74) is 3.87. The lowest BCUT2D eigenvalue weighted by Gasteiger charge is -2.13. The molecule has 146 valence electrons. The third-order valence-electron chi connectivity index (χ3n) is 5.07. The van der Waals surface area contributed by atoms with Crippen molar-refractivity contribution in [1.29, 1.82) is 0 Å². The van der Waals surface area contributed by atoms with Gasteiger partial charge in [-0.15, -0.1) is 5.10 Å². The van der Waals surface area contributed by atoms with Gasteiger partial charge in [-0.05, 0) is 55.0 Å². The topological polar surface area (TPSA) is 85.6 Å². The fourth-order valence-electron chi connectivity index (χ4n) is 3.43. The van der Waals surface area contributed by atoms with E-state index in [1.807, 2.05) is 55.5 Å². The summed E-state index contributed by atoms with van der Waals surface area (Å²) in [5.74, 6) is 0.242. The molecule has 2 aromatic carbocycles. The van der Waals surface area contributed by atoms with Crippen molar-refractivity contribution >= 4 is 33.8 Å². The number of anilines is 1. The Bertz CT molecular complexity index is 1360. The number of carbonyl (C=O) groups is 1. The van der Waals surface area contributed by atoms with Crippen LogP contribution in [0.5, 0.6) is 0 Å². The minimum absolute atomic E-state index is 0.0906. The number of hydrogen-bond acceptors (Lipinski definition) is 5. The summed E-state index contributed by atoms with van der Waals surface area (Å²) in [6.07, 6.45) is 1.78. The first-order valence-electron chi connectivity index (χ1n) is 9.62. The Labute approximate surface area is 172 Å². The minimum Gasteiger partial charge on any atom is -0.306 e. The molecule has 0 bridgehead atoms. The van der Waals surface area contributed by atoms with Crippen LogP contribution in [-0.2, 0) is 0 Å². The molecule has 0 saturated heterocycles. The Hall–Kier alpha value is -4.13. The van der Waals surface area contributed by atoms with Crippen LogP contribution in [0, 0.1) is 0 Å². The first-order chi connectivity index (χ1) is 14.7. The first kappa shape index (κ1) is 17.9. The van der Waals surface area contributed by atoms with Crippen LogP contribution in [-0.4, -0.2) is 30.9 Å². The second-order valence-electron chi connectivity index (χ2n) is 7.02. The van der Waals surface area contributed by atoms with Crippen molar-refractivity contribution in [3.8, 4) is 0 Å². The van der Waals surface area contributed by atoms with E-state index in [9.17, 15) is 4.79 Å². The predicted molar refractivity (Wildman–Crippen MR) is 115 cm³/mol. The van der Waals surface area contributed by atoms with Gasteiger partial charge in [0.25, 0.3) is 5.91 Å². The van der Waals surface area contributed by atoms with E-state index < -0.39 is 0 Å². The molecule has 5 aromatic rings. The van der Waals surface area contributed by atoms with E-state index in [0.29, 0.717) is 22.5 Å². The molecular weight excluding hydrogens is 376 g/mol. The van der Waals surface area contributed by atoms with Crippen molar-refractivity contribution in [3.05, 3.63) is 90.1 Å². The molecule has 0 saturated carbocycles. The van der Waals surface area contributed by atoms with Gasteiger partial charge in [-0.1, -0.05) is 35.5 Å². The zero-order chi connectivity index (χ0) is 20.5. The lowest BCUT2D eigenvalue weighted by Crippen LogP contribution is -2.14. The molecule has 0 aliphatic carbocycles. The lowest BCUT2D eigenvalue weighted by molar-refractivity contribution is 0.102. The first-order valence-corrected chi connectivity index (χ1v) is 9.62. The quantitative estimate of drug-likeness (QED) is 0.493. The predicted octanol–water partition coefficient (Wildman–Crippen LogP) is 4.24. The molecule has 7 heteroatoms. The highest BCUT2D eigenvalue weighted by molar-refractivity contribution is 6.04. The molecule has 1 amide bonds. The minimum atomic E-state index is -0.212. The second kappa shape index (κ2) is 7.36. The molecule has 0 radical (unpaired) electrons. The largest absolute Gasteiger partial charge is 0.306 e. The van der Waals surface area contributed by atoms with Gasteiger partial charge >= 0.3 is 0 Å². The molecule has 0 spiro atoms. The van der Waals surface area contributed by atoms with Gasteiger partial charge in [0.2, 0.25) is 0 Å². The van der Waals surface area contributed by atoms with Crippen molar-refractivity contribution in [2.24, 2.45) is 0 Å². The van der Waals surface area contributed by atoms with Crippen molar-refractivity contribution in [2.75, 3.05) is 5.32 Å². The van der Waals surface area contributed by atoms with Crippen LogP contribution in [0.2, 0.25) is 0 Å². The van der Waals surface area contributed by atoms with Gasteiger partial charge in [0.1, 0.15) is 11.3 Å². The average Bonchev–Trinajstić information content (AvgIpc) is 3.22. The Morgan fingerprint density at radius 1 is 0.967 bits per heavy atom. The standard InChI is InChI=1S/C23H18N6O/c1-15(17-9-10-19-18(14-17)8-5-13-24-19)29-22-20(27-28-29)11-12-21(25-22)26-23(30)16-6-3-2-4-7-16/h2-15H,1H3,(H,25,26,30). The van der Waals surface area contributed by atoms with Crippen LogP contribution in [0.1, 0.15) is 28.9 Å². The highest BCUT2D eigenvalue weighted by atomic mass is 16.1. The van der Waals surface area contributed by atoms with Gasteiger partial charge in [-0.2, -0.15) is 0 Å². The fourth-order valence-corrected chi connectivity index (χ4v) is 3.43. The van der Waals surface area contributed by atoms with E-state index in [1.54, 1.807) is 29.1 Å². The van der Waals surface area contributed by atoms with Gasteiger partial charge in [0.05, 0.1) is 11.6 Å². The number of aromatic nitrogens is 5. The zero-order valence-corrected chi connectivity index (χ0v) is 16.2. The van der Waals surface area contributed by atoms with Crippen molar-refractivity contribution < 1.29 is 4.79 Å². The van der Waals surface area contributed by atoms with Gasteiger partial charge in [-0.25, -0.2) is 9.67 Å². The third-order valence-corrected chi connectivity index (χ3v) is 5.07. The van der Waals surface area contributed by atoms with E-state index in [0.717, 1.165) is 16.5 Å². The summed E-state index contributed by atoms with van der Waals surface area (Å²) in [7, 11) is 0. The van der Waals surface area contributed by atoms with Gasteiger partial charge in [-0.3, -0.25) is 9.78 Å². The summed E-state index contributed by atoms with van der Waals surface area (Å²) < 4.78 is 1.77. The number of nitrogens with zero attached hydrogens (tertiary/aromatic N) is 5. The summed E-state index contributed by atoms with van der Waals surface area (Å²) in [5, 5.41) is 12.4. The highest BCUT2D eigenvalue weighted by Gasteiger charge is 2.16. The SMILES string of the molecule is CC(c1ccc2ncccc2c1)n1nnc2ccc(NC(=O)c3ccccc3)nc21. The number of carbonyl (C=O) groups excluding carboxylic acids is 1.